The summed E-state index contributed by atoms with van der Waals surface area (Å²) < 4.78 is 5.07. The second-order valence-electron chi connectivity index (χ2n) is 4.52. The molecule has 1 aromatic carbocycles. The fraction of sp³-hybridized carbons (Fsp3) is 0.214. The molecule has 0 aliphatic heterocycles. The maximum Gasteiger partial charge on any atom is 0.412 e. The maximum absolute atomic E-state index is 11.7. The first-order valence-electron chi connectivity index (χ1n) is 6.28. The predicted molar refractivity (Wildman–Crippen MR) is 79.7 cm³/mol. The summed E-state index contributed by atoms with van der Waals surface area (Å²) in [5, 5.41) is 17.2. The van der Waals surface area contributed by atoms with Crippen molar-refractivity contribution in [3.63, 3.8) is 0 Å². The van der Waals surface area contributed by atoms with E-state index in [2.05, 4.69) is 5.32 Å². The van der Waals surface area contributed by atoms with Crippen LogP contribution < -0.4 is 10.1 Å². The number of hydrogen-bond donors (Lipinski definition) is 1. The second-order valence-corrected chi connectivity index (χ2v) is 5.30. The fourth-order valence-electron chi connectivity index (χ4n) is 1.79. The molecule has 1 amide bonds. The van der Waals surface area contributed by atoms with E-state index in [9.17, 15) is 14.9 Å². The van der Waals surface area contributed by atoms with Gasteiger partial charge in [0.1, 0.15) is 5.75 Å². The lowest BCUT2D eigenvalue weighted by Crippen LogP contribution is -2.36. The van der Waals surface area contributed by atoms with E-state index in [0.29, 0.717) is 0 Å². The lowest BCUT2D eigenvalue weighted by molar-refractivity contribution is -0.384. The summed E-state index contributed by atoms with van der Waals surface area (Å²) in [5.74, 6) is 0.265. The summed E-state index contributed by atoms with van der Waals surface area (Å²) in [6.07, 6.45) is 0.144. The number of ether oxygens (including phenoxy) is 1. The first kappa shape index (κ1) is 15.0. The third-order valence-electron chi connectivity index (χ3n) is 2.74. The van der Waals surface area contributed by atoms with Crippen molar-refractivity contribution < 1.29 is 14.5 Å². The number of non-ortho nitro benzene ring substituents is 1. The summed E-state index contributed by atoms with van der Waals surface area (Å²) in [7, 11) is 0. The number of rotatable bonds is 5. The topological polar surface area (TPSA) is 81.5 Å². The Hall–Kier alpha value is -2.41. The molecule has 0 saturated carbocycles. The van der Waals surface area contributed by atoms with Crippen molar-refractivity contribution in [2.24, 2.45) is 0 Å². The van der Waals surface area contributed by atoms with Gasteiger partial charge in [0.25, 0.3) is 5.69 Å². The van der Waals surface area contributed by atoms with Crippen molar-refractivity contribution in [2.45, 2.75) is 19.4 Å². The highest BCUT2D eigenvalue weighted by Crippen LogP contribution is 2.17. The van der Waals surface area contributed by atoms with Crippen LogP contribution in [0.4, 0.5) is 10.5 Å². The van der Waals surface area contributed by atoms with Gasteiger partial charge < -0.3 is 10.1 Å². The Morgan fingerprint density at radius 1 is 1.38 bits per heavy atom. The van der Waals surface area contributed by atoms with E-state index in [1.165, 1.54) is 24.3 Å². The smallest absolute Gasteiger partial charge is 0.410 e. The number of amides is 1. The number of hydrogen-bond acceptors (Lipinski definition) is 5. The molecule has 1 atom stereocenters. The third-order valence-corrected chi connectivity index (χ3v) is 3.48. The van der Waals surface area contributed by atoms with E-state index in [-0.39, 0.29) is 17.5 Å². The number of nitrogens with zero attached hydrogens (tertiary/aromatic N) is 1. The number of carbonyl (C=O) groups excluding carboxylic acids is 1. The van der Waals surface area contributed by atoms with Crippen LogP contribution in [0.2, 0.25) is 0 Å². The molecule has 21 heavy (non-hydrogen) atoms. The molecule has 2 aromatic rings. The summed E-state index contributed by atoms with van der Waals surface area (Å²) in [6.45, 7) is 1.88. The molecule has 0 bridgehead atoms. The van der Waals surface area contributed by atoms with E-state index in [4.69, 9.17) is 4.74 Å². The minimum atomic E-state index is -0.577. The zero-order valence-corrected chi connectivity index (χ0v) is 12.1. The normalized spacial score (nSPS) is 11.7. The number of nitro benzene ring substituents is 1. The molecule has 6 nitrogen and oxygen atoms in total. The predicted octanol–water partition coefficient (Wildman–Crippen LogP) is 3.38. The first-order chi connectivity index (χ1) is 10.0. The summed E-state index contributed by atoms with van der Waals surface area (Å²) in [5.41, 5.74) is 1.11. The van der Waals surface area contributed by atoms with Gasteiger partial charge in [-0.05, 0) is 47.9 Å². The molecule has 0 aliphatic carbocycles. The average molecular weight is 306 g/mol. The number of benzene rings is 1. The highest BCUT2D eigenvalue weighted by atomic mass is 32.1. The number of thiophene rings is 1. The lowest BCUT2D eigenvalue weighted by Gasteiger charge is -2.13. The molecule has 0 fully saturated rings. The SMILES string of the molecule is C[C@H](Cc1ccsc1)NC(=O)Oc1ccc([N+](=O)[O-])cc1. The van der Waals surface area contributed by atoms with Crippen molar-refractivity contribution in [1.29, 1.82) is 0 Å². The van der Waals surface area contributed by atoms with Crippen molar-refractivity contribution in [3.05, 3.63) is 56.8 Å². The minimum Gasteiger partial charge on any atom is -0.410 e. The van der Waals surface area contributed by atoms with E-state index in [1.807, 2.05) is 23.8 Å². The van der Waals surface area contributed by atoms with Gasteiger partial charge in [0.15, 0.2) is 0 Å². The number of nitrogens with one attached hydrogen (secondary N) is 1. The van der Waals surface area contributed by atoms with Gasteiger partial charge >= 0.3 is 6.09 Å². The van der Waals surface area contributed by atoms with Gasteiger partial charge in [-0.1, -0.05) is 0 Å². The second kappa shape index (κ2) is 6.85. The molecule has 0 unspecified atom stereocenters. The Morgan fingerprint density at radius 3 is 2.67 bits per heavy atom. The molecule has 1 N–H and O–H groups in total. The van der Waals surface area contributed by atoms with Gasteiger partial charge in [-0.2, -0.15) is 11.3 Å². The average Bonchev–Trinajstić information content (AvgIpc) is 2.91. The van der Waals surface area contributed by atoms with Gasteiger partial charge in [-0.3, -0.25) is 10.1 Å². The van der Waals surface area contributed by atoms with Crippen LogP contribution in [-0.4, -0.2) is 17.1 Å². The van der Waals surface area contributed by atoms with Crippen LogP contribution in [0.15, 0.2) is 41.1 Å². The van der Waals surface area contributed by atoms with E-state index in [0.717, 1.165) is 12.0 Å². The molecule has 2 rings (SSSR count). The van der Waals surface area contributed by atoms with Gasteiger partial charge in [0.05, 0.1) is 4.92 Å². The van der Waals surface area contributed by atoms with E-state index in [1.54, 1.807) is 11.3 Å². The Bertz CT molecular complexity index is 610. The van der Waals surface area contributed by atoms with Crippen molar-refractivity contribution in [2.75, 3.05) is 0 Å². The maximum atomic E-state index is 11.7. The minimum absolute atomic E-state index is 0.0476. The quantitative estimate of drug-likeness (QED) is 0.678. The molecule has 1 aromatic heterocycles. The van der Waals surface area contributed by atoms with Crippen LogP contribution in [0.1, 0.15) is 12.5 Å². The van der Waals surface area contributed by atoms with Crippen LogP contribution in [0.25, 0.3) is 0 Å². The summed E-state index contributed by atoms with van der Waals surface area (Å²) in [4.78, 5) is 21.7. The van der Waals surface area contributed by atoms with Gasteiger partial charge in [-0.15, -0.1) is 0 Å². The highest BCUT2D eigenvalue weighted by Gasteiger charge is 2.11. The Balaban J connectivity index is 1.84. The molecule has 110 valence electrons. The molecule has 0 saturated heterocycles. The zero-order valence-electron chi connectivity index (χ0n) is 11.3. The molecular weight excluding hydrogens is 292 g/mol. The Morgan fingerprint density at radius 2 is 2.10 bits per heavy atom. The molecule has 0 aliphatic rings. The molecule has 0 spiro atoms. The van der Waals surface area contributed by atoms with Crippen LogP contribution in [0.3, 0.4) is 0 Å². The lowest BCUT2D eigenvalue weighted by atomic mass is 10.1. The van der Waals surface area contributed by atoms with E-state index < -0.39 is 11.0 Å². The van der Waals surface area contributed by atoms with Crippen LogP contribution >= 0.6 is 11.3 Å². The number of nitro groups is 1. The van der Waals surface area contributed by atoms with Crippen LogP contribution in [-0.2, 0) is 6.42 Å². The van der Waals surface area contributed by atoms with Crippen molar-refractivity contribution in [3.8, 4) is 5.75 Å². The largest absolute Gasteiger partial charge is 0.412 e. The molecule has 1 heterocycles. The molecule has 7 heteroatoms. The Labute approximate surface area is 125 Å². The fourth-order valence-corrected chi connectivity index (χ4v) is 2.47. The monoisotopic (exact) mass is 306 g/mol. The summed E-state index contributed by atoms with van der Waals surface area (Å²) >= 11 is 1.61. The zero-order chi connectivity index (χ0) is 15.2. The summed E-state index contributed by atoms with van der Waals surface area (Å²) in [6, 6.07) is 7.30. The van der Waals surface area contributed by atoms with Gasteiger partial charge in [0, 0.05) is 18.2 Å². The molecular formula is C14H14N2O4S. The highest BCUT2D eigenvalue weighted by molar-refractivity contribution is 7.07. The van der Waals surface area contributed by atoms with Gasteiger partial charge in [-0.25, -0.2) is 4.79 Å². The number of carbonyl (C=O) groups is 1. The first-order valence-corrected chi connectivity index (χ1v) is 7.23. The van der Waals surface area contributed by atoms with Crippen molar-refractivity contribution >= 4 is 23.1 Å². The van der Waals surface area contributed by atoms with Crippen LogP contribution in [0, 0.1) is 10.1 Å². The Kier molecular flexibility index (Phi) is 4.89. The third kappa shape index (κ3) is 4.57. The standard InChI is InChI=1S/C14H14N2O4S/c1-10(8-11-6-7-21-9-11)15-14(17)20-13-4-2-12(3-5-13)16(18)19/h2-7,9-10H,8H2,1H3,(H,15,17)/t10-/m1/s1. The molecule has 0 radical (unpaired) electrons. The van der Waals surface area contributed by atoms with Gasteiger partial charge in [0.2, 0.25) is 0 Å². The van der Waals surface area contributed by atoms with Crippen LogP contribution in [0.5, 0.6) is 5.75 Å². The van der Waals surface area contributed by atoms with Crippen molar-refractivity contribution in [1.82, 2.24) is 5.32 Å². The van der Waals surface area contributed by atoms with E-state index >= 15 is 0 Å².